The average Bonchev–Trinajstić information content (AvgIpc) is 2.39. The van der Waals surface area contributed by atoms with Gasteiger partial charge in [-0.3, -0.25) is 4.98 Å². The summed E-state index contributed by atoms with van der Waals surface area (Å²) in [6, 6.07) is 8.48. The van der Waals surface area contributed by atoms with Crippen LogP contribution in [0.15, 0.2) is 30.5 Å². The molecular weight excluding hydrogens is 244 g/mol. The Morgan fingerprint density at radius 3 is 2.94 bits per heavy atom. The van der Waals surface area contributed by atoms with Crippen molar-refractivity contribution in [3.63, 3.8) is 0 Å². The number of aromatic nitrogens is 1. The second kappa shape index (κ2) is 6.17. The minimum absolute atomic E-state index is 0.532. The highest BCUT2D eigenvalue weighted by atomic mass is 35.5. The van der Waals surface area contributed by atoms with Gasteiger partial charge in [0, 0.05) is 29.2 Å². The number of pyridine rings is 1. The summed E-state index contributed by atoms with van der Waals surface area (Å²) in [6.07, 6.45) is 4.21. The number of rotatable bonds is 5. The maximum Gasteiger partial charge on any atom is 0.0761 e. The quantitative estimate of drug-likeness (QED) is 0.875. The van der Waals surface area contributed by atoms with Crippen LogP contribution in [0.4, 0.5) is 0 Å². The van der Waals surface area contributed by atoms with E-state index in [0.29, 0.717) is 6.04 Å². The molecule has 0 amide bonds. The zero-order chi connectivity index (χ0) is 13.0. The smallest absolute Gasteiger partial charge is 0.0761 e. The molecule has 1 N–H and O–H groups in total. The van der Waals surface area contributed by atoms with Crippen LogP contribution in [0.1, 0.15) is 32.3 Å². The van der Waals surface area contributed by atoms with Crippen molar-refractivity contribution in [2.75, 3.05) is 0 Å². The zero-order valence-corrected chi connectivity index (χ0v) is 11.7. The molecule has 0 radical (unpaired) electrons. The van der Waals surface area contributed by atoms with Crippen molar-refractivity contribution < 1.29 is 0 Å². The molecule has 0 aliphatic heterocycles. The summed E-state index contributed by atoms with van der Waals surface area (Å²) in [5.74, 6) is 0. The summed E-state index contributed by atoms with van der Waals surface area (Å²) >= 11 is 6.18. The SMILES string of the molecule is CCCC(C)NCc1ccc(Cl)c2cccnc12. The van der Waals surface area contributed by atoms with E-state index in [1.165, 1.54) is 18.4 Å². The van der Waals surface area contributed by atoms with Gasteiger partial charge in [0.05, 0.1) is 5.52 Å². The first-order valence-electron chi connectivity index (χ1n) is 6.48. The minimum Gasteiger partial charge on any atom is -0.310 e. The minimum atomic E-state index is 0.532. The fourth-order valence-corrected chi connectivity index (χ4v) is 2.37. The van der Waals surface area contributed by atoms with Crippen LogP contribution in [0.5, 0.6) is 0 Å². The molecule has 0 aliphatic carbocycles. The maximum absolute atomic E-state index is 6.18. The van der Waals surface area contributed by atoms with E-state index >= 15 is 0 Å². The molecule has 0 spiro atoms. The molecule has 1 heterocycles. The first kappa shape index (κ1) is 13.3. The number of hydrogen-bond acceptors (Lipinski definition) is 2. The lowest BCUT2D eigenvalue weighted by atomic mass is 10.1. The molecule has 0 saturated carbocycles. The molecule has 0 aliphatic rings. The monoisotopic (exact) mass is 262 g/mol. The van der Waals surface area contributed by atoms with Crippen molar-refractivity contribution in [1.29, 1.82) is 0 Å². The maximum atomic E-state index is 6.18. The molecular formula is C15H19ClN2. The highest BCUT2D eigenvalue weighted by Gasteiger charge is 2.06. The van der Waals surface area contributed by atoms with E-state index in [4.69, 9.17) is 11.6 Å². The van der Waals surface area contributed by atoms with Crippen molar-refractivity contribution >= 4 is 22.5 Å². The number of halogens is 1. The van der Waals surface area contributed by atoms with Crippen LogP contribution in [0, 0.1) is 0 Å². The molecule has 1 aromatic heterocycles. The van der Waals surface area contributed by atoms with Crippen molar-refractivity contribution in [2.24, 2.45) is 0 Å². The van der Waals surface area contributed by atoms with Gasteiger partial charge in [-0.05, 0) is 37.1 Å². The van der Waals surface area contributed by atoms with Crippen LogP contribution < -0.4 is 5.32 Å². The van der Waals surface area contributed by atoms with Crippen LogP contribution in [0.2, 0.25) is 5.02 Å². The van der Waals surface area contributed by atoms with Crippen molar-refractivity contribution in [3.8, 4) is 0 Å². The number of fused-ring (bicyclic) bond motifs is 1. The average molecular weight is 263 g/mol. The number of hydrogen-bond donors (Lipinski definition) is 1. The van der Waals surface area contributed by atoms with E-state index in [1.807, 2.05) is 24.4 Å². The Kier molecular flexibility index (Phi) is 4.56. The fourth-order valence-electron chi connectivity index (χ4n) is 2.16. The summed E-state index contributed by atoms with van der Waals surface area (Å²) in [5, 5.41) is 5.32. The molecule has 96 valence electrons. The Bertz CT molecular complexity index is 525. The van der Waals surface area contributed by atoms with Gasteiger partial charge in [0.1, 0.15) is 0 Å². The summed E-state index contributed by atoms with van der Waals surface area (Å²) in [5.41, 5.74) is 2.21. The molecule has 2 rings (SSSR count). The number of nitrogens with zero attached hydrogens (tertiary/aromatic N) is 1. The Morgan fingerprint density at radius 1 is 1.33 bits per heavy atom. The van der Waals surface area contributed by atoms with Gasteiger partial charge >= 0.3 is 0 Å². The van der Waals surface area contributed by atoms with Crippen molar-refractivity contribution in [2.45, 2.75) is 39.3 Å². The van der Waals surface area contributed by atoms with Gasteiger partial charge in [0.2, 0.25) is 0 Å². The van der Waals surface area contributed by atoms with Crippen molar-refractivity contribution in [1.82, 2.24) is 10.3 Å². The fraction of sp³-hybridized carbons (Fsp3) is 0.400. The first-order valence-corrected chi connectivity index (χ1v) is 6.85. The predicted molar refractivity (Wildman–Crippen MR) is 78.0 cm³/mol. The normalized spacial score (nSPS) is 12.8. The molecule has 2 nitrogen and oxygen atoms in total. The van der Waals surface area contributed by atoms with Crippen LogP contribution >= 0.6 is 11.6 Å². The largest absolute Gasteiger partial charge is 0.310 e. The second-order valence-corrected chi connectivity index (χ2v) is 5.08. The Labute approximate surface area is 113 Å². The van der Waals surface area contributed by atoms with Gasteiger partial charge in [0.15, 0.2) is 0 Å². The van der Waals surface area contributed by atoms with Crippen LogP contribution in [-0.4, -0.2) is 11.0 Å². The summed E-state index contributed by atoms with van der Waals surface area (Å²) in [6.45, 7) is 5.26. The molecule has 2 aromatic rings. The molecule has 1 atom stereocenters. The molecule has 1 unspecified atom stereocenters. The Morgan fingerprint density at radius 2 is 2.17 bits per heavy atom. The van der Waals surface area contributed by atoms with E-state index in [1.54, 1.807) is 0 Å². The number of benzene rings is 1. The highest BCUT2D eigenvalue weighted by molar-refractivity contribution is 6.35. The second-order valence-electron chi connectivity index (χ2n) is 4.68. The van der Waals surface area contributed by atoms with E-state index in [2.05, 4.69) is 30.2 Å². The molecule has 0 saturated heterocycles. The molecule has 1 aromatic carbocycles. The van der Waals surface area contributed by atoms with Gasteiger partial charge in [-0.15, -0.1) is 0 Å². The van der Waals surface area contributed by atoms with Gasteiger partial charge < -0.3 is 5.32 Å². The highest BCUT2D eigenvalue weighted by Crippen LogP contribution is 2.24. The summed E-state index contributed by atoms with van der Waals surface area (Å²) in [4.78, 5) is 4.44. The molecule has 0 fully saturated rings. The number of nitrogens with one attached hydrogen (secondary N) is 1. The lowest BCUT2D eigenvalue weighted by molar-refractivity contribution is 0.509. The summed E-state index contributed by atoms with van der Waals surface area (Å²) < 4.78 is 0. The standard InChI is InChI=1S/C15H19ClN2/c1-3-5-11(2)18-10-12-7-8-14(16)13-6-4-9-17-15(12)13/h4,6-9,11,18H,3,5,10H2,1-2H3. The third-order valence-electron chi connectivity index (χ3n) is 3.16. The van der Waals surface area contributed by atoms with Crippen LogP contribution in [0.25, 0.3) is 10.9 Å². The predicted octanol–water partition coefficient (Wildman–Crippen LogP) is 4.17. The lowest BCUT2D eigenvalue weighted by Crippen LogP contribution is -2.25. The van der Waals surface area contributed by atoms with Crippen LogP contribution in [-0.2, 0) is 6.54 Å². The zero-order valence-electron chi connectivity index (χ0n) is 10.9. The van der Waals surface area contributed by atoms with E-state index in [-0.39, 0.29) is 0 Å². The Balaban J connectivity index is 2.21. The van der Waals surface area contributed by atoms with Gasteiger partial charge in [-0.2, -0.15) is 0 Å². The molecule has 0 bridgehead atoms. The van der Waals surface area contributed by atoms with Crippen LogP contribution in [0.3, 0.4) is 0 Å². The third-order valence-corrected chi connectivity index (χ3v) is 3.49. The van der Waals surface area contributed by atoms with E-state index in [9.17, 15) is 0 Å². The van der Waals surface area contributed by atoms with E-state index in [0.717, 1.165) is 22.5 Å². The topological polar surface area (TPSA) is 24.9 Å². The van der Waals surface area contributed by atoms with Gasteiger partial charge in [-0.25, -0.2) is 0 Å². The first-order chi connectivity index (χ1) is 8.72. The lowest BCUT2D eigenvalue weighted by Gasteiger charge is -2.14. The van der Waals surface area contributed by atoms with Gasteiger partial charge in [-0.1, -0.05) is 31.0 Å². The van der Waals surface area contributed by atoms with Gasteiger partial charge in [0.25, 0.3) is 0 Å². The molecule has 3 heteroatoms. The van der Waals surface area contributed by atoms with E-state index < -0.39 is 0 Å². The third kappa shape index (κ3) is 3.01. The molecule has 18 heavy (non-hydrogen) atoms. The van der Waals surface area contributed by atoms with Crippen molar-refractivity contribution in [3.05, 3.63) is 41.0 Å². The summed E-state index contributed by atoms with van der Waals surface area (Å²) in [7, 11) is 0. The Hall–Kier alpha value is -1.12.